The van der Waals surface area contributed by atoms with E-state index in [0.29, 0.717) is 13.2 Å². The van der Waals surface area contributed by atoms with Gasteiger partial charge in [0.05, 0.1) is 31.3 Å². The monoisotopic (exact) mass is 418 g/mol. The number of benzene rings is 1. The van der Waals surface area contributed by atoms with Crippen LogP contribution in [0.3, 0.4) is 0 Å². The Balaban J connectivity index is 0.000000261. The molecule has 2 saturated heterocycles. The molecule has 2 aliphatic rings. The molecule has 2 fully saturated rings. The second-order valence-corrected chi connectivity index (χ2v) is 9.25. The molecule has 0 aliphatic carbocycles. The van der Waals surface area contributed by atoms with Crippen molar-refractivity contribution in [1.82, 2.24) is 0 Å². The predicted molar refractivity (Wildman–Crippen MR) is 101 cm³/mol. The number of aryl methyl sites for hydroxylation is 1. The molecule has 0 bridgehead atoms. The fourth-order valence-electron chi connectivity index (χ4n) is 2.64. The largest absolute Gasteiger partial charge is 0.394 e. The number of rotatable bonds is 5. The van der Waals surface area contributed by atoms with Gasteiger partial charge >= 0.3 is 0 Å². The third-order valence-electron chi connectivity index (χ3n) is 4.06. The maximum atomic E-state index is 11.9. The Labute approximate surface area is 166 Å². The summed E-state index contributed by atoms with van der Waals surface area (Å²) in [5.74, 6) is -1.17. The van der Waals surface area contributed by atoms with Gasteiger partial charge in [-0.25, -0.2) is 0 Å². The normalized spacial score (nSPS) is 25.9. The molecular weight excluding hydrogens is 388 g/mol. The first kappa shape index (κ1) is 23.2. The minimum absolute atomic E-state index is 0.0420. The van der Waals surface area contributed by atoms with Crippen molar-refractivity contribution in [2.45, 2.75) is 63.3 Å². The summed E-state index contributed by atoms with van der Waals surface area (Å²) in [7, 11) is -3.74. The molecule has 8 nitrogen and oxygen atoms in total. The summed E-state index contributed by atoms with van der Waals surface area (Å²) in [6, 6.07) is 6.52. The van der Waals surface area contributed by atoms with Crippen LogP contribution in [0.4, 0.5) is 0 Å². The van der Waals surface area contributed by atoms with E-state index >= 15 is 0 Å². The van der Waals surface area contributed by atoms with Crippen LogP contribution in [0.15, 0.2) is 29.2 Å². The number of aliphatic hydroxyl groups is 1. The van der Waals surface area contributed by atoms with Gasteiger partial charge in [-0.2, -0.15) is 8.42 Å². The van der Waals surface area contributed by atoms with Crippen LogP contribution in [0.2, 0.25) is 0 Å². The van der Waals surface area contributed by atoms with Gasteiger partial charge in [0.25, 0.3) is 10.1 Å². The Morgan fingerprint density at radius 1 is 1.00 bits per heavy atom. The number of aliphatic hydroxyl groups excluding tert-OH is 1. The van der Waals surface area contributed by atoms with Gasteiger partial charge in [-0.15, -0.1) is 0 Å². The maximum absolute atomic E-state index is 11.9. The summed E-state index contributed by atoms with van der Waals surface area (Å²) < 4.78 is 50.1. The van der Waals surface area contributed by atoms with Gasteiger partial charge in [-0.1, -0.05) is 17.7 Å². The van der Waals surface area contributed by atoms with Crippen molar-refractivity contribution in [3.8, 4) is 0 Å². The first-order valence-electron chi connectivity index (χ1n) is 9.13. The molecule has 0 spiro atoms. The summed E-state index contributed by atoms with van der Waals surface area (Å²) in [5.41, 5.74) is 0.994. The SMILES string of the molecule is CC1(C)OC[C@@H](CO)O1.Cc1ccc(S(=O)(=O)OC[C@@H]2COC(C)(C)O2)cc1. The zero-order valence-corrected chi connectivity index (χ0v) is 17.8. The molecule has 2 atom stereocenters. The summed E-state index contributed by atoms with van der Waals surface area (Å²) in [6.07, 6.45) is -0.491. The standard InChI is InChI=1S/C13H18O5S.C6H12O3/c1-10-4-6-12(7-5-10)19(14,15)17-9-11-8-16-13(2,3)18-11;1-6(2)8-4-5(3-7)9-6/h4-7,11H,8-9H2,1-3H3;5,7H,3-4H2,1-2H3/t11-;5-/m01/s1. The molecule has 2 heterocycles. The van der Waals surface area contributed by atoms with Crippen LogP contribution in [0, 0.1) is 6.92 Å². The van der Waals surface area contributed by atoms with Crippen molar-refractivity contribution in [1.29, 1.82) is 0 Å². The highest BCUT2D eigenvalue weighted by molar-refractivity contribution is 7.86. The Morgan fingerprint density at radius 3 is 1.89 bits per heavy atom. The summed E-state index contributed by atoms with van der Waals surface area (Å²) in [6.45, 7) is 9.96. The second kappa shape index (κ2) is 9.17. The number of hydrogen-bond acceptors (Lipinski definition) is 8. The van der Waals surface area contributed by atoms with Gasteiger partial charge in [0.1, 0.15) is 12.2 Å². The van der Waals surface area contributed by atoms with E-state index in [-0.39, 0.29) is 30.3 Å². The van der Waals surface area contributed by atoms with E-state index < -0.39 is 21.7 Å². The summed E-state index contributed by atoms with van der Waals surface area (Å²) in [5, 5.41) is 8.59. The van der Waals surface area contributed by atoms with Gasteiger partial charge in [0.15, 0.2) is 11.6 Å². The molecule has 0 unspecified atom stereocenters. The molecule has 0 radical (unpaired) electrons. The zero-order chi connectivity index (χ0) is 21.0. The molecule has 0 aromatic heterocycles. The molecule has 160 valence electrons. The predicted octanol–water partition coefficient (Wildman–Crippen LogP) is 1.98. The fraction of sp³-hybridized carbons (Fsp3) is 0.684. The van der Waals surface area contributed by atoms with Crippen LogP contribution < -0.4 is 0 Å². The summed E-state index contributed by atoms with van der Waals surface area (Å²) in [4.78, 5) is 0.149. The number of hydrogen-bond donors (Lipinski definition) is 1. The first-order valence-corrected chi connectivity index (χ1v) is 10.5. The Kier molecular flexibility index (Phi) is 7.60. The third-order valence-corrected chi connectivity index (χ3v) is 5.35. The zero-order valence-electron chi connectivity index (χ0n) is 17.0. The smallest absolute Gasteiger partial charge is 0.297 e. The highest BCUT2D eigenvalue weighted by atomic mass is 32.2. The molecule has 28 heavy (non-hydrogen) atoms. The average molecular weight is 419 g/mol. The van der Waals surface area contributed by atoms with E-state index in [1.54, 1.807) is 26.0 Å². The van der Waals surface area contributed by atoms with Crippen molar-refractivity contribution < 1.29 is 36.7 Å². The van der Waals surface area contributed by atoms with E-state index in [0.717, 1.165) is 5.56 Å². The topological polar surface area (TPSA) is 101 Å². The molecule has 0 saturated carbocycles. The van der Waals surface area contributed by atoms with Gasteiger partial charge in [0.2, 0.25) is 0 Å². The van der Waals surface area contributed by atoms with Crippen LogP contribution in [0.5, 0.6) is 0 Å². The van der Waals surface area contributed by atoms with Crippen molar-refractivity contribution in [2.75, 3.05) is 26.4 Å². The van der Waals surface area contributed by atoms with Gasteiger partial charge in [-0.3, -0.25) is 4.18 Å². The van der Waals surface area contributed by atoms with Gasteiger partial charge in [0, 0.05) is 0 Å². The van der Waals surface area contributed by atoms with Crippen LogP contribution >= 0.6 is 0 Å². The molecule has 3 rings (SSSR count). The minimum Gasteiger partial charge on any atom is -0.394 e. The lowest BCUT2D eigenvalue weighted by Crippen LogP contribution is -2.25. The first-order chi connectivity index (χ1) is 12.9. The van der Waals surface area contributed by atoms with Crippen LogP contribution in [0.25, 0.3) is 0 Å². The maximum Gasteiger partial charge on any atom is 0.297 e. The quantitative estimate of drug-likeness (QED) is 0.725. The highest BCUT2D eigenvalue weighted by Gasteiger charge is 2.34. The average Bonchev–Trinajstić information content (AvgIpc) is 3.15. The van der Waals surface area contributed by atoms with Crippen molar-refractivity contribution in [3.63, 3.8) is 0 Å². The van der Waals surface area contributed by atoms with Crippen molar-refractivity contribution in [3.05, 3.63) is 29.8 Å². The molecule has 9 heteroatoms. The lowest BCUT2D eigenvalue weighted by atomic mass is 10.2. The van der Waals surface area contributed by atoms with Crippen LogP contribution in [0.1, 0.15) is 33.3 Å². The molecular formula is C19H30O8S. The Morgan fingerprint density at radius 2 is 1.50 bits per heavy atom. The molecule has 0 amide bonds. The molecule has 1 aromatic carbocycles. The molecule has 2 aliphatic heterocycles. The minimum atomic E-state index is -3.74. The second-order valence-electron chi connectivity index (χ2n) is 7.64. The van der Waals surface area contributed by atoms with E-state index in [1.807, 2.05) is 20.8 Å². The Hall–Kier alpha value is -1.07. The van der Waals surface area contributed by atoms with Crippen LogP contribution in [-0.2, 0) is 33.2 Å². The van der Waals surface area contributed by atoms with Crippen LogP contribution in [-0.4, -0.2) is 63.7 Å². The van der Waals surface area contributed by atoms with Gasteiger partial charge < -0.3 is 24.1 Å². The van der Waals surface area contributed by atoms with E-state index in [1.165, 1.54) is 12.1 Å². The summed E-state index contributed by atoms with van der Waals surface area (Å²) >= 11 is 0. The molecule has 1 aromatic rings. The number of ether oxygens (including phenoxy) is 4. The Bertz CT molecular complexity index is 727. The fourth-order valence-corrected chi connectivity index (χ4v) is 3.57. The van der Waals surface area contributed by atoms with Crippen molar-refractivity contribution >= 4 is 10.1 Å². The highest BCUT2D eigenvalue weighted by Crippen LogP contribution is 2.23. The lowest BCUT2D eigenvalue weighted by Gasteiger charge is -2.16. The molecule has 1 N–H and O–H groups in total. The van der Waals surface area contributed by atoms with Crippen molar-refractivity contribution in [2.24, 2.45) is 0 Å². The van der Waals surface area contributed by atoms with E-state index in [2.05, 4.69) is 0 Å². The van der Waals surface area contributed by atoms with E-state index in [9.17, 15) is 8.42 Å². The van der Waals surface area contributed by atoms with Gasteiger partial charge in [-0.05, 0) is 46.8 Å². The van der Waals surface area contributed by atoms with E-state index in [4.69, 9.17) is 28.2 Å². The lowest BCUT2D eigenvalue weighted by molar-refractivity contribution is -0.142. The third kappa shape index (κ3) is 7.07.